The first kappa shape index (κ1) is 7.45. The predicted octanol–water partition coefficient (Wildman–Crippen LogP) is 2.10. The molecule has 0 bridgehead atoms. The van der Waals surface area contributed by atoms with Crippen LogP contribution in [0.2, 0.25) is 6.82 Å². The van der Waals surface area contributed by atoms with Crippen molar-refractivity contribution in [1.29, 1.82) is 0 Å². The zero-order chi connectivity index (χ0) is 7.56. The molecule has 0 amide bonds. The van der Waals surface area contributed by atoms with Crippen LogP contribution in [0.25, 0.3) is 0 Å². The number of hydrogen-bond donors (Lipinski definition) is 1. The fourth-order valence-corrected chi connectivity index (χ4v) is 1.15. The molecule has 0 saturated carbocycles. The van der Waals surface area contributed by atoms with Gasteiger partial charge >= 0.3 is 0 Å². The van der Waals surface area contributed by atoms with E-state index in [1.807, 2.05) is 20.2 Å². The maximum atomic E-state index is 9.25. The third kappa shape index (κ3) is 1.44. The molecule has 1 aliphatic rings. The quantitative estimate of drug-likeness (QED) is 0.546. The van der Waals surface area contributed by atoms with Gasteiger partial charge in [-0.1, -0.05) is 25.3 Å². The van der Waals surface area contributed by atoms with Crippen LogP contribution >= 0.6 is 0 Å². The Bertz CT molecular complexity index is 182. The van der Waals surface area contributed by atoms with Crippen LogP contribution in [0.5, 0.6) is 0 Å². The van der Waals surface area contributed by atoms with Gasteiger partial charge in [0.2, 0.25) is 0 Å². The van der Waals surface area contributed by atoms with Crippen LogP contribution in [0.3, 0.4) is 0 Å². The molecule has 1 nitrogen and oxygen atoms in total. The third-order valence-corrected chi connectivity index (χ3v) is 1.80. The average Bonchev–Trinajstić information content (AvgIpc) is 1.94. The highest BCUT2D eigenvalue weighted by Crippen LogP contribution is 2.20. The number of hydrogen-bond acceptors (Lipinski definition) is 1. The lowest BCUT2D eigenvalue weighted by Crippen LogP contribution is -2.05. The van der Waals surface area contributed by atoms with Crippen molar-refractivity contribution in [3.63, 3.8) is 0 Å². The van der Waals surface area contributed by atoms with Crippen molar-refractivity contribution < 1.29 is 5.11 Å². The molecule has 1 atom stereocenters. The Morgan fingerprint density at radius 3 is 2.90 bits per heavy atom. The molecule has 53 valence electrons. The van der Waals surface area contributed by atoms with Crippen molar-refractivity contribution in [3.8, 4) is 0 Å². The van der Waals surface area contributed by atoms with Crippen molar-refractivity contribution >= 4 is 7.28 Å². The first-order valence-corrected chi connectivity index (χ1v) is 3.63. The average molecular weight is 135 g/mol. The molecule has 1 N–H and O–H groups in total. The van der Waals surface area contributed by atoms with Gasteiger partial charge in [-0.2, -0.15) is 0 Å². The van der Waals surface area contributed by atoms with E-state index in [1.54, 1.807) is 6.08 Å². The van der Waals surface area contributed by atoms with Crippen LogP contribution in [0.4, 0.5) is 0 Å². The molecule has 1 radical (unpaired) electrons. The van der Waals surface area contributed by atoms with Crippen molar-refractivity contribution in [2.24, 2.45) is 5.92 Å². The van der Waals surface area contributed by atoms with E-state index in [-0.39, 0.29) is 0 Å². The molecule has 1 rings (SSSR count). The van der Waals surface area contributed by atoms with Gasteiger partial charge in [0.25, 0.3) is 0 Å². The maximum Gasteiger partial charge on any atom is 0.147 e. The van der Waals surface area contributed by atoms with Crippen molar-refractivity contribution in [2.75, 3.05) is 0 Å². The van der Waals surface area contributed by atoms with Gasteiger partial charge in [-0.15, -0.1) is 0 Å². The number of aliphatic hydroxyl groups excluding tert-OH is 1. The summed E-state index contributed by atoms with van der Waals surface area (Å²) < 4.78 is 0. The normalized spacial score (nSPS) is 25.2. The Kier molecular flexibility index (Phi) is 2.20. The number of rotatable bonds is 1. The van der Waals surface area contributed by atoms with E-state index < -0.39 is 0 Å². The summed E-state index contributed by atoms with van der Waals surface area (Å²) >= 11 is 0. The first-order chi connectivity index (χ1) is 4.74. The van der Waals surface area contributed by atoms with E-state index >= 15 is 0 Å². The van der Waals surface area contributed by atoms with Crippen LogP contribution in [0.1, 0.15) is 13.3 Å². The van der Waals surface area contributed by atoms with Crippen LogP contribution in [-0.4, -0.2) is 12.4 Å². The minimum atomic E-state index is 0.431. The lowest BCUT2D eigenvalue weighted by Gasteiger charge is -2.14. The molecule has 0 saturated heterocycles. The van der Waals surface area contributed by atoms with Crippen LogP contribution in [0.15, 0.2) is 23.4 Å². The number of allylic oxidation sites excluding steroid dienone is 3. The highest BCUT2D eigenvalue weighted by Gasteiger charge is 2.10. The molecule has 0 aliphatic heterocycles. The van der Waals surface area contributed by atoms with E-state index in [0.717, 1.165) is 11.9 Å². The van der Waals surface area contributed by atoms with E-state index in [0.29, 0.717) is 11.7 Å². The van der Waals surface area contributed by atoms with Crippen LogP contribution in [-0.2, 0) is 0 Å². The predicted molar refractivity (Wildman–Crippen MR) is 44.2 cm³/mol. The van der Waals surface area contributed by atoms with Gasteiger partial charge in [0.05, 0.1) is 0 Å². The van der Waals surface area contributed by atoms with Gasteiger partial charge in [0.15, 0.2) is 0 Å². The summed E-state index contributed by atoms with van der Waals surface area (Å²) in [5.41, 5.74) is 1.06. The topological polar surface area (TPSA) is 20.2 Å². The van der Waals surface area contributed by atoms with E-state index in [9.17, 15) is 5.11 Å². The van der Waals surface area contributed by atoms with Gasteiger partial charge < -0.3 is 5.11 Å². The van der Waals surface area contributed by atoms with Crippen LogP contribution in [0, 0.1) is 5.92 Å². The number of aliphatic hydroxyl groups is 1. The van der Waals surface area contributed by atoms with Gasteiger partial charge in [-0.3, -0.25) is 0 Å². The van der Waals surface area contributed by atoms with Gasteiger partial charge in [0.1, 0.15) is 13.0 Å². The highest BCUT2D eigenvalue weighted by atomic mass is 16.3. The maximum absolute atomic E-state index is 9.25. The Labute approximate surface area is 62.7 Å². The molecule has 0 aromatic carbocycles. The van der Waals surface area contributed by atoms with Crippen molar-refractivity contribution in [1.82, 2.24) is 0 Å². The zero-order valence-electron chi connectivity index (χ0n) is 6.46. The molecule has 10 heavy (non-hydrogen) atoms. The summed E-state index contributed by atoms with van der Waals surface area (Å²) in [6, 6.07) is 0. The summed E-state index contributed by atoms with van der Waals surface area (Å²) in [6.45, 7) is 4.10. The molecule has 0 spiro atoms. The van der Waals surface area contributed by atoms with Gasteiger partial charge in [-0.25, -0.2) is 0 Å². The lowest BCUT2D eigenvalue weighted by atomic mass is 9.67. The fourth-order valence-electron chi connectivity index (χ4n) is 1.15. The second kappa shape index (κ2) is 2.95. The van der Waals surface area contributed by atoms with E-state index in [4.69, 9.17) is 0 Å². The Balaban J connectivity index is 2.74. The minimum Gasteiger partial charge on any atom is -0.509 e. The molecule has 0 fully saturated rings. The van der Waals surface area contributed by atoms with Crippen molar-refractivity contribution in [2.45, 2.75) is 20.2 Å². The summed E-state index contributed by atoms with van der Waals surface area (Å²) in [7, 11) is 1.97. The lowest BCUT2D eigenvalue weighted by molar-refractivity contribution is 0.419. The van der Waals surface area contributed by atoms with Crippen molar-refractivity contribution in [3.05, 3.63) is 23.4 Å². The summed E-state index contributed by atoms with van der Waals surface area (Å²) in [5, 5.41) is 9.25. The monoisotopic (exact) mass is 135 g/mol. The second-order valence-electron chi connectivity index (χ2n) is 2.74. The summed E-state index contributed by atoms with van der Waals surface area (Å²) in [5.74, 6) is 1.00. The largest absolute Gasteiger partial charge is 0.509 e. The first-order valence-electron chi connectivity index (χ1n) is 3.63. The third-order valence-electron chi connectivity index (χ3n) is 1.80. The van der Waals surface area contributed by atoms with Gasteiger partial charge in [-0.05, 0) is 18.4 Å². The molecule has 1 unspecified atom stereocenters. The van der Waals surface area contributed by atoms with E-state index in [1.165, 1.54) is 0 Å². The second-order valence-corrected chi connectivity index (χ2v) is 2.74. The SMILES string of the molecule is C[B]C1=C(O)C=CC(C)C1. The fraction of sp³-hybridized carbons (Fsp3) is 0.500. The molecular formula is C8H12BO. The summed E-state index contributed by atoms with van der Waals surface area (Å²) in [4.78, 5) is 0. The molecule has 0 aromatic rings. The minimum absolute atomic E-state index is 0.431. The molecule has 0 heterocycles. The van der Waals surface area contributed by atoms with Gasteiger partial charge in [0, 0.05) is 0 Å². The smallest absolute Gasteiger partial charge is 0.147 e. The standard InChI is InChI=1S/C8H12BO/c1-6-3-4-8(10)7(5-6)9-2/h3-4,6,10H,5H2,1-2H3. The molecule has 0 aromatic heterocycles. The zero-order valence-corrected chi connectivity index (χ0v) is 6.46. The molecule has 2 heteroatoms. The molecule has 1 aliphatic carbocycles. The van der Waals surface area contributed by atoms with Crippen LogP contribution < -0.4 is 0 Å². The molecular weight excluding hydrogens is 123 g/mol. The Morgan fingerprint density at radius 1 is 1.70 bits per heavy atom. The summed E-state index contributed by atoms with van der Waals surface area (Å²) in [6.07, 6.45) is 4.78. The van der Waals surface area contributed by atoms with E-state index in [2.05, 4.69) is 6.92 Å². The Morgan fingerprint density at radius 2 is 2.40 bits per heavy atom. The highest BCUT2D eigenvalue weighted by molar-refractivity contribution is 6.43. The Hall–Kier alpha value is -0.655.